The van der Waals surface area contributed by atoms with Crippen molar-refractivity contribution in [1.29, 1.82) is 0 Å². The Morgan fingerprint density at radius 1 is 0.930 bits per heavy atom. The number of aliphatic hydroxyl groups is 2. The Labute approximate surface area is 425 Å². The summed E-state index contributed by atoms with van der Waals surface area (Å²) in [6, 6.07) is 27.0. The van der Waals surface area contributed by atoms with Gasteiger partial charge in [-0.15, -0.1) is 0 Å². The Kier molecular flexibility index (Phi) is 15.9. The normalized spacial score (nSPS) is 24.6. The van der Waals surface area contributed by atoms with E-state index in [4.69, 9.17) is 16.2 Å². The molecule has 0 amide bonds. The lowest BCUT2D eigenvalue weighted by molar-refractivity contribution is -0.114. The molecule has 4 aliphatic rings. The third-order valence-corrected chi connectivity index (χ3v) is 18.3. The summed E-state index contributed by atoms with van der Waals surface area (Å²) in [5, 5.41) is 45.5. The van der Waals surface area contributed by atoms with Gasteiger partial charge in [0, 0.05) is 70.7 Å². The van der Waals surface area contributed by atoms with Crippen LogP contribution in [-0.2, 0) is 36.2 Å². The molecule has 0 radical (unpaired) electrons. The number of aryl methyl sites for hydroxylation is 2. The second kappa shape index (κ2) is 22.2. The van der Waals surface area contributed by atoms with Crippen LogP contribution in [0, 0.1) is 34.5 Å². The van der Waals surface area contributed by atoms with Gasteiger partial charge in [0.15, 0.2) is 23.1 Å². The zero-order chi connectivity index (χ0) is 49.7. The number of aromatic amines is 1. The van der Waals surface area contributed by atoms with Gasteiger partial charge in [0.1, 0.15) is 5.75 Å². The molecule has 372 valence electrons. The zero-order valence-corrected chi connectivity index (χ0v) is 42.2. The van der Waals surface area contributed by atoms with Crippen molar-refractivity contribution < 1.29 is 34.8 Å². The topological polar surface area (TPSA) is 192 Å². The number of phenols is 2. The minimum atomic E-state index is -0.799. The molecule has 0 saturated heterocycles. The third-order valence-electron chi connectivity index (χ3n) is 15.8. The number of fused-ring (bicyclic) bond motifs is 7. The number of aromatic nitrogens is 1. The molecule has 1 aliphatic heterocycles. The molecule has 2 fully saturated rings. The molecular weight excluding hydrogens is 927 g/mol. The highest BCUT2D eigenvalue weighted by Crippen LogP contribution is 2.64. The van der Waals surface area contributed by atoms with Crippen LogP contribution >= 0.6 is 21.6 Å². The Morgan fingerprint density at radius 2 is 1.73 bits per heavy atom. The molecule has 10 nitrogen and oxygen atoms in total. The van der Waals surface area contributed by atoms with Crippen LogP contribution in [0.15, 0.2) is 103 Å². The van der Waals surface area contributed by atoms with Crippen molar-refractivity contribution in [3.63, 3.8) is 0 Å². The summed E-state index contributed by atoms with van der Waals surface area (Å²) in [6.45, 7) is 2.09. The molecule has 3 aliphatic carbocycles. The minimum absolute atomic E-state index is 0.00216. The van der Waals surface area contributed by atoms with Gasteiger partial charge in [-0.25, -0.2) is 0 Å². The Bertz CT molecular complexity index is 2810. The Morgan fingerprint density at radius 3 is 2.54 bits per heavy atom. The molecule has 12 heteroatoms. The Hall–Kier alpha value is -5.26. The number of rotatable bonds is 8. The molecule has 5 aromatic rings. The zero-order valence-electron chi connectivity index (χ0n) is 40.6. The van der Waals surface area contributed by atoms with Crippen LogP contribution in [0.4, 0.5) is 0 Å². The van der Waals surface area contributed by atoms with E-state index in [9.17, 15) is 30.0 Å². The fourth-order valence-corrected chi connectivity index (χ4v) is 14.9. The van der Waals surface area contributed by atoms with E-state index < -0.39 is 29.7 Å². The van der Waals surface area contributed by atoms with E-state index >= 15 is 0 Å². The van der Waals surface area contributed by atoms with Gasteiger partial charge in [0.25, 0.3) is 0 Å². The number of hydrogen-bond donors (Lipinski definition) is 7. The largest absolute Gasteiger partial charge is 0.508 e. The van der Waals surface area contributed by atoms with Crippen molar-refractivity contribution in [3.8, 4) is 29.1 Å². The highest BCUT2D eigenvalue weighted by Gasteiger charge is 2.59. The maximum absolute atomic E-state index is 14.3. The summed E-state index contributed by atoms with van der Waals surface area (Å²) >= 11 is 0. The van der Waals surface area contributed by atoms with Crippen molar-refractivity contribution in [1.82, 2.24) is 4.98 Å². The van der Waals surface area contributed by atoms with Gasteiger partial charge in [-0.3, -0.25) is 9.59 Å². The summed E-state index contributed by atoms with van der Waals surface area (Å²) in [5.74, 6) is 8.18. The first kappa shape index (κ1) is 50.7. The molecule has 8 bridgehead atoms. The number of benzene rings is 4. The van der Waals surface area contributed by atoms with E-state index in [1.165, 1.54) is 5.56 Å². The predicted octanol–water partition coefficient (Wildman–Crippen LogP) is 10.2. The van der Waals surface area contributed by atoms with Crippen LogP contribution in [-0.4, -0.2) is 61.5 Å². The third kappa shape index (κ3) is 11.7. The van der Waals surface area contributed by atoms with Gasteiger partial charge in [0.05, 0.1) is 31.4 Å². The number of aromatic hydroxyl groups is 2. The van der Waals surface area contributed by atoms with E-state index in [0.29, 0.717) is 66.0 Å². The lowest BCUT2D eigenvalue weighted by Crippen LogP contribution is -2.38. The predicted molar refractivity (Wildman–Crippen MR) is 283 cm³/mol. The highest BCUT2D eigenvalue weighted by atomic mass is 33.1. The van der Waals surface area contributed by atoms with Gasteiger partial charge in [-0.05, 0) is 152 Å². The molecule has 9 rings (SSSR count). The van der Waals surface area contributed by atoms with E-state index in [-0.39, 0.29) is 59.8 Å². The number of aliphatic hydroxyl groups excluding tert-OH is 2. The number of carbonyl (C=O) groups is 2. The summed E-state index contributed by atoms with van der Waals surface area (Å²) in [4.78, 5) is 31.3. The first-order valence-corrected chi connectivity index (χ1v) is 27.8. The van der Waals surface area contributed by atoms with Crippen molar-refractivity contribution >= 4 is 33.2 Å². The molecule has 2 heterocycles. The number of Topliss-reactive ketones (excluding diaryl/α,β-unsaturated/α-hetero) is 1. The molecule has 1 aromatic heterocycles. The van der Waals surface area contributed by atoms with Crippen LogP contribution in [0.3, 0.4) is 0 Å². The first-order valence-electron chi connectivity index (χ1n) is 25.3. The summed E-state index contributed by atoms with van der Waals surface area (Å²) in [7, 11) is 3.43. The maximum atomic E-state index is 14.3. The van der Waals surface area contributed by atoms with Crippen molar-refractivity contribution in [2.45, 2.75) is 120 Å². The Balaban J connectivity index is 1.07. The number of hydrogen-bond acceptors (Lipinski definition) is 11. The number of nitrogens with one attached hydrogen (secondary N) is 1. The van der Waals surface area contributed by atoms with Crippen molar-refractivity contribution in [2.24, 2.45) is 34.1 Å². The van der Waals surface area contributed by atoms with Crippen molar-refractivity contribution in [3.05, 3.63) is 159 Å². The van der Waals surface area contributed by atoms with E-state index in [0.717, 1.165) is 72.0 Å². The van der Waals surface area contributed by atoms with Crippen LogP contribution in [0.5, 0.6) is 17.2 Å². The molecule has 7 atom stereocenters. The van der Waals surface area contributed by atoms with Gasteiger partial charge in [-0.2, -0.15) is 0 Å². The number of ether oxygens (including phenoxy) is 1. The van der Waals surface area contributed by atoms with Crippen LogP contribution in [0.1, 0.15) is 137 Å². The fraction of sp³-hybridized carbons (Fsp3) is 0.424. The molecular formula is C59H67N3O7S2. The second-order valence-electron chi connectivity index (χ2n) is 20.7. The number of allylic oxidation sites excluding steroid dienone is 2. The molecule has 9 N–H and O–H groups in total. The van der Waals surface area contributed by atoms with Crippen LogP contribution in [0.25, 0.3) is 0 Å². The maximum Gasteiger partial charge on any atom is 0.165 e. The van der Waals surface area contributed by atoms with Gasteiger partial charge in [0.2, 0.25) is 0 Å². The van der Waals surface area contributed by atoms with Crippen LogP contribution < -0.4 is 16.2 Å². The number of ketones is 2. The molecule has 0 spiro atoms. The number of phenolic OH excluding ortho intramolecular Hbond substituents is 2. The van der Waals surface area contributed by atoms with Crippen LogP contribution in [0.2, 0.25) is 0 Å². The van der Waals surface area contributed by atoms with E-state index in [1.807, 2.05) is 37.3 Å². The summed E-state index contributed by atoms with van der Waals surface area (Å²) in [6.07, 6.45) is 12.1. The molecule has 71 heavy (non-hydrogen) atoms. The quantitative estimate of drug-likeness (QED) is 0.0445. The lowest BCUT2D eigenvalue weighted by Gasteiger charge is -2.45. The standard InChI is InChI=1S/C59H67N3O7S2/c1-37(63)26-41(11-10-38-6-3-2-4-7-38)27-44-18-22-59-35-58(44,33-56(59)68)23-19-45(64)15-12-39-14-17-53(66)55(29-39)69-25-21-40-13-16-52(65)50(28-40)49-32-54(67)46-20-24-62-51(46)9-5-8-42-30-48(57(60)61)43(31-47(42)49)34-70-71-36-59/h2-4,6-7,13-14,16-17,19-20,23-24,28-31,37,41,44,49,56-57,62-63,65-66,68H,9-12,15,18,21-22,25-27,32-36,60-61H2,1H3. The van der Waals surface area contributed by atoms with E-state index in [2.05, 4.69) is 53.2 Å². The average Bonchev–Trinajstić information content (AvgIpc) is 3.92. The fourth-order valence-electron chi connectivity index (χ4n) is 12.1. The first-order chi connectivity index (χ1) is 34.3. The van der Waals surface area contributed by atoms with Gasteiger partial charge < -0.3 is 41.6 Å². The van der Waals surface area contributed by atoms with Gasteiger partial charge in [-0.1, -0.05) is 94.1 Å². The number of carbonyl (C=O) groups excluding carboxylic acids is 2. The average molecular weight is 994 g/mol. The second-order valence-corrected chi connectivity index (χ2v) is 23.2. The molecule has 4 aromatic carbocycles. The summed E-state index contributed by atoms with van der Waals surface area (Å²) < 4.78 is 6.19. The minimum Gasteiger partial charge on any atom is -0.508 e. The molecule has 7 unspecified atom stereocenters. The lowest BCUT2D eigenvalue weighted by atomic mass is 9.60. The number of nitrogens with two attached hydrogens (primary N) is 2. The van der Waals surface area contributed by atoms with Gasteiger partial charge >= 0.3 is 0 Å². The summed E-state index contributed by atoms with van der Waals surface area (Å²) in [5.41, 5.74) is 20.4. The SMILES string of the molecule is CC(O)CC(CCc1ccccc1)CC1CCC23CSSCc4cc5c(cc4C(N)N)C#CCc4[nH]ccc4C(=O)CC5c4cc(ccc4O)CCOc4cc(ccc4O)CCC(=O)C=CC1(CC2O)C3. The monoisotopic (exact) mass is 993 g/mol. The highest BCUT2D eigenvalue weighted by molar-refractivity contribution is 8.76. The molecule has 2 saturated carbocycles. The number of H-pyrrole nitrogens is 1. The smallest absolute Gasteiger partial charge is 0.165 e. The van der Waals surface area contributed by atoms with E-state index in [1.54, 1.807) is 58.1 Å². The van der Waals surface area contributed by atoms with Crippen molar-refractivity contribution in [2.75, 3.05) is 12.4 Å².